The molecule has 1 aliphatic heterocycles. The van der Waals surface area contributed by atoms with Crippen molar-refractivity contribution in [2.45, 2.75) is 19.4 Å². The Bertz CT molecular complexity index is 480. The Morgan fingerprint density at radius 2 is 2.35 bits per heavy atom. The zero-order valence-corrected chi connectivity index (χ0v) is 9.69. The number of nitrogens with zero attached hydrogens (tertiary/aromatic N) is 2. The molecule has 7 heteroatoms. The van der Waals surface area contributed by atoms with Gasteiger partial charge in [-0.15, -0.1) is 0 Å². The Kier molecular flexibility index (Phi) is 2.74. The van der Waals surface area contributed by atoms with Crippen molar-refractivity contribution in [1.82, 2.24) is 14.9 Å². The zero-order chi connectivity index (χ0) is 12.6. The van der Waals surface area contributed by atoms with E-state index in [9.17, 15) is 9.59 Å². The molecule has 0 spiro atoms. The van der Waals surface area contributed by atoms with Crippen LogP contribution in [0.5, 0.6) is 0 Å². The molecule has 1 aromatic rings. The molecule has 0 aliphatic carbocycles. The maximum atomic E-state index is 11.4. The molecular weight excluding hydrogens is 224 g/mol. The van der Waals surface area contributed by atoms with E-state index in [1.54, 1.807) is 11.5 Å². The molecule has 3 N–H and O–H groups in total. The smallest absolute Gasteiger partial charge is 0.360 e. The van der Waals surface area contributed by atoms with E-state index in [1.807, 2.05) is 0 Å². The highest BCUT2D eigenvalue weighted by Crippen LogP contribution is 2.25. The first-order chi connectivity index (χ1) is 8.04. The summed E-state index contributed by atoms with van der Waals surface area (Å²) >= 11 is 0. The van der Waals surface area contributed by atoms with Gasteiger partial charge in [0.15, 0.2) is 5.69 Å². The van der Waals surface area contributed by atoms with Crippen LogP contribution in [0.2, 0.25) is 0 Å². The fourth-order valence-corrected chi connectivity index (χ4v) is 2.04. The van der Waals surface area contributed by atoms with Gasteiger partial charge in [-0.05, 0) is 6.92 Å². The third-order valence-corrected chi connectivity index (χ3v) is 2.82. The van der Waals surface area contributed by atoms with Crippen LogP contribution in [0.25, 0.3) is 0 Å². The lowest BCUT2D eigenvalue weighted by atomic mass is 10.2. The van der Waals surface area contributed by atoms with Crippen LogP contribution >= 0.6 is 0 Å². The molecule has 2 heterocycles. The maximum Gasteiger partial charge on any atom is 0.360 e. The summed E-state index contributed by atoms with van der Waals surface area (Å²) in [5.41, 5.74) is 5.97. The van der Waals surface area contributed by atoms with Gasteiger partial charge in [0.25, 0.3) is 0 Å². The lowest BCUT2D eigenvalue weighted by molar-refractivity contribution is -0.119. The minimum atomic E-state index is -0.568. The first-order valence-electron chi connectivity index (χ1n) is 5.24. The number of imidazole rings is 1. The summed E-state index contributed by atoms with van der Waals surface area (Å²) in [5.74, 6) is 0.254. The molecule has 1 saturated heterocycles. The van der Waals surface area contributed by atoms with Crippen LogP contribution in [0.1, 0.15) is 28.8 Å². The molecule has 0 aromatic carbocycles. The number of ether oxygens (including phenoxy) is 1. The van der Waals surface area contributed by atoms with Crippen molar-refractivity contribution < 1.29 is 14.3 Å². The number of carbonyl (C=O) groups excluding carboxylic acids is 2. The Balaban J connectivity index is 2.38. The quantitative estimate of drug-likeness (QED) is 0.684. The Morgan fingerprint density at radius 3 is 2.88 bits per heavy atom. The van der Waals surface area contributed by atoms with Crippen LogP contribution in [0, 0.1) is 6.92 Å². The highest BCUT2D eigenvalue weighted by Gasteiger charge is 2.29. The van der Waals surface area contributed by atoms with Gasteiger partial charge >= 0.3 is 5.97 Å². The summed E-state index contributed by atoms with van der Waals surface area (Å²) in [7, 11) is 1.27. The molecule has 0 saturated carbocycles. The van der Waals surface area contributed by atoms with Gasteiger partial charge in [0.05, 0.1) is 13.2 Å². The predicted octanol–water partition coefficient (Wildman–Crippen LogP) is -0.379. The molecule has 17 heavy (non-hydrogen) atoms. The normalized spacial score (nSPS) is 19.2. The Labute approximate surface area is 97.9 Å². The second-order valence-corrected chi connectivity index (χ2v) is 3.92. The predicted molar refractivity (Wildman–Crippen MR) is 59.4 cm³/mol. The molecule has 1 atom stereocenters. The largest absolute Gasteiger partial charge is 0.464 e. The molecule has 1 unspecified atom stereocenters. The molecule has 92 valence electrons. The SMILES string of the molecule is COC(=O)c1nc(C)n(C2CNC(=O)C2)c1N. The maximum absolute atomic E-state index is 11.4. The number of anilines is 1. The highest BCUT2D eigenvalue weighted by atomic mass is 16.5. The lowest BCUT2D eigenvalue weighted by Gasteiger charge is -2.13. The van der Waals surface area contributed by atoms with Gasteiger partial charge in [0.1, 0.15) is 11.6 Å². The van der Waals surface area contributed by atoms with Crippen molar-refractivity contribution in [3.63, 3.8) is 0 Å². The second-order valence-electron chi connectivity index (χ2n) is 3.92. The average Bonchev–Trinajstić information content (AvgIpc) is 2.82. The average molecular weight is 238 g/mol. The van der Waals surface area contributed by atoms with Crippen molar-refractivity contribution in [2.24, 2.45) is 0 Å². The van der Waals surface area contributed by atoms with Crippen LogP contribution in [0.15, 0.2) is 0 Å². The van der Waals surface area contributed by atoms with Crippen LogP contribution in [0.4, 0.5) is 5.82 Å². The number of methoxy groups -OCH3 is 1. The molecule has 2 rings (SSSR count). The van der Waals surface area contributed by atoms with Gasteiger partial charge in [-0.2, -0.15) is 0 Å². The summed E-state index contributed by atoms with van der Waals surface area (Å²) in [6.45, 7) is 2.24. The summed E-state index contributed by atoms with van der Waals surface area (Å²) in [6.07, 6.45) is 0.349. The number of rotatable bonds is 2. The molecule has 0 bridgehead atoms. The van der Waals surface area contributed by atoms with E-state index in [1.165, 1.54) is 7.11 Å². The Hall–Kier alpha value is -2.05. The van der Waals surface area contributed by atoms with Gasteiger partial charge in [0.2, 0.25) is 5.91 Å². The topological polar surface area (TPSA) is 99.2 Å². The van der Waals surface area contributed by atoms with Gasteiger partial charge in [-0.1, -0.05) is 0 Å². The van der Waals surface area contributed by atoms with E-state index in [4.69, 9.17) is 5.73 Å². The molecule has 1 aliphatic rings. The van der Waals surface area contributed by atoms with E-state index < -0.39 is 5.97 Å². The number of nitrogens with two attached hydrogens (primary N) is 1. The van der Waals surface area contributed by atoms with Crippen molar-refractivity contribution in [3.8, 4) is 0 Å². The number of nitrogens with one attached hydrogen (secondary N) is 1. The van der Waals surface area contributed by atoms with E-state index in [2.05, 4.69) is 15.0 Å². The fourth-order valence-electron chi connectivity index (χ4n) is 2.04. The van der Waals surface area contributed by atoms with Crippen LogP contribution < -0.4 is 11.1 Å². The van der Waals surface area contributed by atoms with Crippen molar-refractivity contribution in [3.05, 3.63) is 11.5 Å². The third kappa shape index (κ3) is 1.83. The van der Waals surface area contributed by atoms with Crippen molar-refractivity contribution >= 4 is 17.7 Å². The number of aromatic nitrogens is 2. The third-order valence-electron chi connectivity index (χ3n) is 2.82. The van der Waals surface area contributed by atoms with Gasteiger partial charge in [-0.25, -0.2) is 9.78 Å². The first kappa shape index (κ1) is 11.4. The van der Waals surface area contributed by atoms with E-state index in [-0.39, 0.29) is 23.5 Å². The summed E-state index contributed by atoms with van der Waals surface area (Å²) in [4.78, 5) is 26.7. The first-order valence-corrected chi connectivity index (χ1v) is 5.24. The molecule has 7 nitrogen and oxygen atoms in total. The second kappa shape index (κ2) is 4.08. The monoisotopic (exact) mass is 238 g/mol. The molecule has 0 radical (unpaired) electrons. The van der Waals surface area contributed by atoms with Crippen molar-refractivity contribution in [2.75, 3.05) is 19.4 Å². The van der Waals surface area contributed by atoms with Crippen LogP contribution in [-0.2, 0) is 9.53 Å². The molecular formula is C10H14N4O3. The number of nitrogen functional groups attached to an aromatic ring is 1. The van der Waals surface area contributed by atoms with E-state index >= 15 is 0 Å². The van der Waals surface area contributed by atoms with E-state index in [0.29, 0.717) is 18.8 Å². The number of hydrogen-bond donors (Lipinski definition) is 2. The minimum absolute atomic E-state index is 0.0258. The number of aryl methyl sites for hydroxylation is 1. The van der Waals surface area contributed by atoms with E-state index in [0.717, 1.165) is 0 Å². The van der Waals surface area contributed by atoms with Gasteiger partial charge < -0.3 is 20.4 Å². The number of amides is 1. The zero-order valence-electron chi connectivity index (χ0n) is 9.69. The molecule has 1 fully saturated rings. The molecule has 1 aromatic heterocycles. The number of esters is 1. The summed E-state index contributed by atoms with van der Waals surface area (Å²) in [5, 5.41) is 2.72. The van der Waals surface area contributed by atoms with Gasteiger partial charge in [-0.3, -0.25) is 4.79 Å². The standard InChI is InChI=1S/C10H14N4O3/c1-5-13-8(10(16)17-2)9(11)14(5)6-3-7(15)12-4-6/h6H,3-4,11H2,1-2H3,(H,12,15). The fraction of sp³-hybridized carbons (Fsp3) is 0.500. The number of carbonyl (C=O) groups is 2. The minimum Gasteiger partial charge on any atom is -0.464 e. The summed E-state index contributed by atoms with van der Waals surface area (Å²) in [6, 6.07) is -0.0894. The summed E-state index contributed by atoms with van der Waals surface area (Å²) < 4.78 is 6.29. The highest BCUT2D eigenvalue weighted by molar-refractivity contribution is 5.92. The van der Waals surface area contributed by atoms with Gasteiger partial charge in [0, 0.05) is 13.0 Å². The Morgan fingerprint density at radius 1 is 1.65 bits per heavy atom. The van der Waals surface area contributed by atoms with Crippen LogP contribution in [0.3, 0.4) is 0 Å². The van der Waals surface area contributed by atoms with Crippen molar-refractivity contribution in [1.29, 1.82) is 0 Å². The lowest BCUT2D eigenvalue weighted by Crippen LogP contribution is -2.17. The van der Waals surface area contributed by atoms with Crippen LogP contribution in [-0.4, -0.2) is 35.1 Å². The number of hydrogen-bond acceptors (Lipinski definition) is 5. The molecule has 1 amide bonds.